The largest absolute Gasteiger partial charge is 0.494 e. The van der Waals surface area contributed by atoms with Crippen molar-refractivity contribution < 1.29 is 28.6 Å². The van der Waals surface area contributed by atoms with E-state index in [-0.39, 0.29) is 17.9 Å². The van der Waals surface area contributed by atoms with E-state index in [1.807, 2.05) is 13.0 Å². The number of nitriles is 1. The van der Waals surface area contributed by atoms with E-state index >= 15 is 0 Å². The number of imide groups is 2. The standard InChI is InChI=1S/C23H21N3O6/c1-3-30-17-9-10-20(31-4-2)19(14-17)26-22(28)18(21(27)25-23(26)29)13-15-5-7-16(8-6-15)32-12-11-24/h5-10,13-14H,3-4,12H2,1-2H3,(H,25,27,29)/b18-13+. The van der Waals surface area contributed by atoms with Gasteiger partial charge in [0.25, 0.3) is 11.8 Å². The lowest BCUT2D eigenvalue weighted by Gasteiger charge is -2.28. The van der Waals surface area contributed by atoms with Crippen LogP contribution in [0.25, 0.3) is 6.08 Å². The minimum atomic E-state index is -0.882. The molecule has 1 aliphatic rings. The molecule has 0 aromatic heterocycles. The molecule has 9 nitrogen and oxygen atoms in total. The summed E-state index contributed by atoms with van der Waals surface area (Å²) in [4.78, 5) is 39.1. The first-order chi connectivity index (χ1) is 15.5. The van der Waals surface area contributed by atoms with Crippen LogP contribution >= 0.6 is 0 Å². The summed E-state index contributed by atoms with van der Waals surface area (Å²) in [5.74, 6) is -0.383. The Morgan fingerprint density at radius 2 is 1.66 bits per heavy atom. The molecule has 0 unspecified atom stereocenters. The van der Waals surface area contributed by atoms with Crippen LogP contribution in [0.5, 0.6) is 17.2 Å². The Balaban J connectivity index is 1.97. The highest BCUT2D eigenvalue weighted by molar-refractivity contribution is 6.39. The van der Waals surface area contributed by atoms with Crippen LogP contribution in [0.4, 0.5) is 10.5 Å². The van der Waals surface area contributed by atoms with Crippen LogP contribution in [0.15, 0.2) is 48.0 Å². The second-order valence-electron chi connectivity index (χ2n) is 6.47. The molecule has 1 saturated heterocycles. The summed E-state index contributed by atoms with van der Waals surface area (Å²) >= 11 is 0. The maximum atomic E-state index is 13.2. The first-order valence-electron chi connectivity index (χ1n) is 9.89. The molecule has 2 aromatic carbocycles. The number of nitrogens with zero attached hydrogens (tertiary/aromatic N) is 2. The summed E-state index contributed by atoms with van der Waals surface area (Å²) in [5, 5.41) is 10.8. The van der Waals surface area contributed by atoms with Crippen LogP contribution in [0.1, 0.15) is 19.4 Å². The Labute approximate surface area is 184 Å². The molecule has 2 aromatic rings. The molecular weight excluding hydrogens is 414 g/mol. The quantitative estimate of drug-likeness (QED) is 0.500. The predicted molar refractivity (Wildman–Crippen MR) is 115 cm³/mol. The van der Waals surface area contributed by atoms with E-state index in [2.05, 4.69) is 5.32 Å². The van der Waals surface area contributed by atoms with Gasteiger partial charge >= 0.3 is 6.03 Å². The van der Waals surface area contributed by atoms with Gasteiger partial charge < -0.3 is 14.2 Å². The molecule has 3 rings (SSSR count). The highest BCUT2D eigenvalue weighted by Gasteiger charge is 2.38. The second-order valence-corrected chi connectivity index (χ2v) is 6.47. The second kappa shape index (κ2) is 10.1. The van der Waals surface area contributed by atoms with Gasteiger partial charge in [-0.2, -0.15) is 5.26 Å². The Bertz CT molecular complexity index is 1100. The number of carbonyl (C=O) groups is 3. The van der Waals surface area contributed by atoms with Gasteiger partial charge in [0, 0.05) is 6.07 Å². The lowest BCUT2D eigenvalue weighted by Crippen LogP contribution is -2.54. The fourth-order valence-electron chi connectivity index (χ4n) is 3.02. The maximum Gasteiger partial charge on any atom is 0.336 e. The van der Waals surface area contributed by atoms with E-state index in [4.69, 9.17) is 19.5 Å². The Morgan fingerprint density at radius 3 is 2.31 bits per heavy atom. The molecule has 0 spiro atoms. The third-order valence-corrected chi connectivity index (χ3v) is 4.38. The van der Waals surface area contributed by atoms with E-state index in [0.29, 0.717) is 36.0 Å². The lowest BCUT2D eigenvalue weighted by atomic mass is 10.1. The van der Waals surface area contributed by atoms with Gasteiger partial charge in [-0.25, -0.2) is 9.69 Å². The smallest absolute Gasteiger partial charge is 0.336 e. The summed E-state index contributed by atoms with van der Waals surface area (Å²) in [6.07, 6.45) is 1.37. The molecule has 0 saturated carbocycles. The molecule has 4 amide bonds. The summed E-state index contributed by atoms with van der Waals surface area (Å²) in [6, 6.07) is 12.2. The molecule has 0 radical (unpaired) electrons. The van der Waals surface area contributed by atoms with Gasteiger partial charge in [-0.3, -0.25) is 14.9 Å². The number of amides is 4. The summed E-state index contributed by atoms with van der Waals surface area (Å²) in [6.45, 7) is 4.20. The van der Waals surface area contributed by atoms with Gasteiger partial charge in [0.15, 0.2) is 6.61 Å². The van der Waals surface area contributed by atoms with E-state index in [9.17, 15) is 14.4 Å². The fraction of sp³-hybridized carbons (Fsp3) is 0.217. The molecule has 1 aliphatic heterocycles. The number of ether oxygens (including phenoxy) is 3. The van der Waals surface area contributed by atoms with E-state index in [1.165, 1.54) is 12.1 Å². The maximum absolute atomic E-state index is 13.2. The van der Waals surface area contributed by atoms with Gasteiger partial charge in [-0.05, 0) is 49.8 Å². The van der Waals surface area contributed by atoms with Crippen molar-refractivity contribution in [1.82, 2.24) is 5.32 Å². The van der Waals surface area contributed by atoms with E-state index in [1.54, 1.807) is 43.3 Å². The number of barbiturate groups is 1. The predicted octanol–water partition coefficient (Wildman–Crippen LogP) is 3.05. The van der Waals surface area contributed by atoms with Crippen molar-refractivity contribution >= 4 is 29.6 Å². The summed E-state index contributed by atoms with van der Waals surface area (Å²) < 4.78 is 16.3. The zero-order chi connectivity index (χ0) is 23.1. The zero-order valence-electron chi connectivity index (χ0n) is 17.6. The number of benzene rings is 2. The van der Waals surface area contributed by atoms with Crippen LogP contribution in [0.2, 0.25) is 0 Å². The molecule has 9 heteroatoms. The van der Waals surface area contributed by atoms with Gasteiger partial charge in [-0.15, -0.1) is 0 Å². The number of anilines is 1. The third-order valence-electron chi connectivity index (χ3n) is 4.38. The molecule has 0 bridgehead atoms. The van der Waals surface area contributed by atoms with Crippen molar-refractivity contribution in [3.05, 3.63) is 53.6 Å². The molecule has 1 fully saturated rings. The van der Waals surface area contributed by atoms with Crippen molar-refractivity contribution in [2.75, 3.05) is 24.7 Å². The Morgan fingerprint density at radius 1 is 0.969 bits per heavy atom. The number of hydrogen-bond acceptors (Lipinski definition) is 7. The normalized spacial score (nSPS) is 14.7. The number of nitrogens with one attached hydrogen (secondary N) is 1. The van der Waals surface area contributed by atoms with Crippen LogP contribution < -0.4 is 24.4 Å². The molecule has 0 atom stereocenters. The highest BCUT2D eigenvalue weighted by atomic mass is 16.5. The molecular formula is C23H21N3O6. The Hall–Kier alpha value is -4.32. The monoisotopic (exact) mass is 435 g/mol. The van der Waals surface area contributed by atoms with Crippen LogP contribution in [-0.4, -0.2) is 37.7 Å². The van der Waals surface area contributed by atoms with Crippen molar-refractivity contribution in [3.63, 3.8) is 0 Å². The van der Waals surface area contributed by atoms with Crippen molar-refractivity contribution in [1.29, 1.82) is 5.26 Å². The van der Waals surface area contributed by atoms with Gasteiger partial charge in [0.05, 0.1) is 18.9 Å². The number of urea groups is 1. The van der Waals surface area contributed by atoms with Crippen LogP contribution in [0, 0.1) is 11.3 Å². The van der Waals surface area contributed by atoms with Gasteiger partial charge in [0.2, 0.25) is 0 Å². The Kier molecular flexibility index (Phi) is 7.08. The first kappa shape index (κ1) is 22.4. The molecule has 32 heavy (non-hydrogen) atoms. The average Bonchev–Trinajstić information content (AvgIpc) is 2.78. The number of hydrogen-bond donors (Lipinski definition) is 1. The summed E-state index contributed by atoms with van der Waals surface area (Å²) in [7, 11) is 0. The third kappa shape index (κ3) is 4.87. The van der Waals surface area contributed by atoms with E-state index in [0.717, 1.165) is 4.90 Å². The van der Waals surface area contributed by atoms with Crippen molar-refractivity contribution in [2.24, 2.45) is 0 Å². The topological polar surface area (TPSA) is 118 Å². The summed E-state index contributed by atoms with van der Waals surface area (Å²) in [5.41, 5.74) is 0.480. The van der Waals surface area contributed by atoms with Crippen molar-refractivity contribution in [3.8, 4) is 23.3 Å². The van der Waals surface area contributed by atoms with Crippen molar-refractivity contribution in [2.45, 2.75) is 13.8 Å². The minimum Gasteiger partial charge on any atom is -0.494 e. The highest BCUT2D eigenvalue weighted by Crippen LogP contribution is 2.35. The van der Waals surface area contributed by atoms with Crippen LogP contribution in [-0.2, 0) is 9.59 Å². The fourth-order valence-corrected chi connectivity index (χ4v) is 3.02. The van der Waals surface area contributed by atoms with E-state index < -0.39 is 17.8 Å². The number of carbonyl (C=O) groups excluding carboxylic acids is 3. The first-order valence-corrected chi connectivity index (χ1v) is 9.89. The minimum absolute atomic E-state index is 0.0959. The van der Waals surface area contributed by atoms with Crippen LogP contribution in [0.3, 0.4) is 0 Å². The lowest BCUT2D eigenvalue weighted by molar-refractivity contribution is -0.122. The van der Waals surface area contributed by atoms with Gasteiger partial charge in [0.1, 0.15) is 28.9 Å². The molecule has 0 aliphatic carbocycles. The number of rotatable bonds is 8. The average molecular weight is 435 g/mol. The van der Waals surface area contributed by atoms with Gasteiger partial charge in [-0.1, -0.05) is 12.1 Å². The molecule has 1 heterocycles. The molecule has 1 N–H and O–H groups in total. The zero-order valence-corrected chi connectivity index (χ0v) is 17.6. The molecule has 164 valence electrons. The SMILES string of the molecule is CCOc1ccc(OCC)c(N2C(=O)NC(=O)/C(=C\c3ccc(OCC#N)cc3)C2=O)c1.